The largest absolute Gasteiger partial charge is 0.395 e. The van der Waals surface area contributed by atoms with Crippen LogP contribution in [0.1, 0.15) is 12.0 Å². The summed E-state index contributed by atoms with van der Waals surface area (Å²) in [6, 6.07) is 10.0. The second-order valence-electron chi connectivity index (χ2n) is 4.56. The number of carbonyl (C=O) groups is 1. The molecule has 0 saturated heterocycles. The quantitative estimate of drug-likeness (QED) is 0.747. The first-order valence-electron chi connectivity index (χ1n) is 6.21. The molecule has 0 radical (unpaired) electrons. The van der Waals surface area contributed by atoms with Crippen LogP contribution in [-0.4, -0.2) is 49.2 Å². The van der Waals surface area contributed by atoms with Crippen molar-refractivity contribution < 1.29 is 9.90 Å². The first kappa shape index (κ1) is 14.7. The summed E-state index contributed by atoms with van der Waals surface area (Å²) in [6.07, 6.45) is 1.23. The summed E-state index contributed by atoms with van der Waals surface area (Å²) in [7, 11) is 3.49. The van der Waals surface area contributed by atoms with E-state index in [4.69, 9.17) is 0 Å². The Morgan fingerprint density at radius 3 is 2.56 bits per heavy atom. The minimum Gasteiger partial charge on any atom is -0.395 e. The Morgan fingerprint density at radius 1 is 1.33 bits per heavy atom. The van der Waals surface area contributed by atoms with Gasteiger partial charge in [-0.25, -0.2) is 0 Å². The Labute approximate surface area is 109 Å². The molecule has 4 nitrogen and oxygen atoms in total. The maximum absolute atomic E-state index is 11.4. The van der Waals surface area contributed by atoms with Crippen LogP contribution in [0.5, 0.6) is 0 Å². The van der Waals surface area contributed by atoms with Crippen molar-refractivity contribution in [3.8, 4) is 0 Å². The van der Waals surface area contributed by atoms with Gasteiger partial charge in [-0.05, 0) is 12.0 Å². The fourth-order valence-corrected chi connectivity index (χ4v) is 1.71. The van der Waals surface area contributed by atoms with Crippen molar-refractivity contribution in [3.63, 3.8) is 0 Å². The number of aliphatic hydroxyl groups is 1. The van der Waals surface area contributed by atoms with E-state index < -0.39 is 0 Å². The molecule has 0 saturated carbocycles. The number of carbonyl (C=O) groups excluding carboxylic acids is 1. The zero-order valence-electron chi connectivity index (χ0n) is 11.1. The van der Waals surface area contributed by atoms with Gasteiger partial charge >= 0.3 is 0 Å². The zero-order valence-corrected chi connectivity index (χ0v) is 11.1. The van der Waals surface area contributed by atoms with E-state index in [2.05, 4.69) is 5.32 Å². The molecule has 0 aliphatic carbocycles. The fraction of sp³-hybridized carbons (Fsp3) is 0.500. The van der Waals surface area contributed by atoms with E-state index in [9.17, 15) is 9.90 Å². The Kier molecular flexibility index (Phi) is 6.39. The van der Waals surface area contributed by atoms with Crippen LogP contribution in [0, 0.1) is 0 Å². The molecule has 1 unspecified atom stereocenters. The lowest BCUT2D eigenvalue weighted by Gasteiger charge is -2.17. The molecule has 1 aromatic carbocycles. The molecule has 0 fully saturated rings. The summed E-state index contributed by atoms with van der Waals surface area (Å²) in [5.74, 6) is 0.0962. The van der Waals surface area contributed by atoms with E-state index >= 15 is 0 Å². The van der Waals surface area contributed by atoms with Gasteiger partial charge in [0.15, 0.2) is 0 Å². The molecule has 0 aliphatic rings. The smallest absolute Gasteiger partial charge is 0.223 e. The van der Waals surface area contributed by atoms with Crippen molar-refractivity contribution in [2.24, 2.45) is 0 Å². The van der Waals surface area contributed by atoms with Crippen LogP contribution in [0.25, 0.3) is 0 Å². The number of hydrogen-bond donors (Lipinski definition) is 2. The molecule has 0 aromatic heterocycles. The average Bonchev–Trinajstić information content (AvgIpc) is 2.38. The second-order valence-corrected chi connectivity index (χ2v) is 4.56. The lowest BCUT2D eigenvalue weighted by atomic mass is 10.1. The minimum atomic E-state index is 0.00219. The summed E-state index contributed by atoms with van der Waals surface area (Å²) in [5, 5.41) is 12.5. The van der Waals surface area contributed by atoms with Crippen LogP contribution in [0.2, 0.25) is 0 Å². The monoisotopic (exact) mass is 250 g/mol. The predicted octanol–water partition coefficient (Wildman–Crippen LogP) is 0.658. The van der Waals surface area contributed by atoms with Crippen LogP contribution in [-0.2, 0) is 11.2 Å². The summed E-state index contributed by atoms with van der Waals surface area (Å²) in [4.78, 5) is 13.0. The highest BCUT2D eigenvalue weighted by atomic mass is 16.3. The number of aliphatic hydroxyl groups excluding tert-OH is 1. The van der Waals surface area contributed by atoms with Crippen LogP contribution in [0.4, 0.5) is 0 Å². The van der Waals surface area contributed by atoms with Crippen molar-refractivity contribution in [3.05, 3.63) is 35.9 Å². The summed E-state index contributed by atoms with van der Waals surface area (Å²) < 4.78 is 0. The maximum Gasteiger partial charge on any atom is 0.223 e. The first-order valence-corrected chi connectivity index (χ1v) is 6.21. The molecule has 0 bridgehead atoms. The van der Waals surface area contributed by atoms with E-state index in [1.165, 1.54) is 5.56 Å². The lowest BCUT2D eigenvalue weighted by Crippen LogP contribution is -2.37. The van der Waals surface area contributed by atoms with Gasteiger partial charge in [-0.15, -0.1) is 0 Å². The molecule has 1 rings (SSSR count). The fourth-order valence-electron chi connectivity index (χ4n) is 1.71. The number of amides is 1. The van der Waals surface area contributed by atoms with Gasteiger partial charge < -0.3 is 15.3 Å². The van der Waals surface area contributed by atoms with E-state index in [1.807, 2.05) is 30.3 Å². The molecule has 1 amide bonds. The van der Waals surface area contributed by atoms with Crippen molar-refractivity contribution in [1.29, 1.82) is 0 Å². The van der Waals surface area contributed by atoms with Crippen molar-refractivity contribution >= 4 is 5.91 Å². The third kappa shape index (κ3) is 5.29. The van der Waals surface area contributed by atoms with Gasteiger partial charge in [0.25, 0.3) is 0 Å². The Balaban J connectivity index is 2.32. The molecule has 1 atom stereocenters. The third-order valence-electron chi connectivity index (χ3n) is 2.82. The molecular formula is C14H22N2O2. The Hall–Kier alpha value is -1.39. The van der Waals surface area contributed by atoms with E-state index in [0.717, 1.165) is 6.42 Å². The summed E-state index contributed by atoms with van der Waals surface area (Å²) in [6.45, 7) is 0.667. The molecule has 100 valence electrons. The molecule has 18 heavy (non-hydrogen) atoms. The molecule has 0 spiro atoms. The van der Waals surface area contributed by atoms with Crippen molar-refractivity contribution in [1.82, 2.24) is 10.2 Å². The number of benzene rings is 1. The molecular weight excluding hydrogens is 228 g/mol. The van der Waals surface area contributed by atoms with Gasteiger partial charge in [-0.1, -0.05) is 30.3 Å². The lowest BCUT2D eigenvalue weighted by molar-refractivity contribution is -0.128. The highest BCUT2D eigenvalue weighted by Gasteiger charge is 2.09. The Bertz CT molecular complexity index is 352. The predicted molar refractivity (Wildman–Crippen MR) is 72.3 cm³/mol. The highest BCUT2D eigenvalue weighted by molar-refractivity contribution is 5.75. The summed E-state index contributed by atoms with van der Waals surface area (Å²) in [5.41, 5.74) is 1.18. The third-order valence-corrected chi connectivity index (χ3v) is 2.82. The summed E-state index contributed by atoms with van der Waals surface area (Å²) >= 11 is 0. The standard InChI is InChI=1S/C14H22N2O2/c1-16(2)14(18)8-9-15-13(11-17)10-12-6-4-3-5-7-12/h3-7,13,15,17H,8-11H2,1-2H3. The normalized spacial score (nSPS) is 12.2. The van der Waals surface area contributed by atoms with Crippen LogP contribution < -0.4 is 5.32 Å². The molecule has 0 heterocycles. The molecule has 2 N–H and O–H groups in total. The number of nitrogens with zero attached hydrogens (tertiary/aromatic N) is 1. The van der Waals surface area contributed by atoms with Crippen molar-refractivity contribution in [2.75, 3.05) is 27.2 Å². The van der Waals surface area contributed by atoms with Gasteiger partial charge in [0, 0.05) is 33.1 Å². The van der Waals surface area contributed by atoms with Gasteiger partial charge in [0.2, 0.25) is 5.91 Å². The number of hydrogen-bond acceptors (Lipinski definition) is 3. The Morgan fingerprint density at radius 2 is 2.00 bits per heavy atom. The van der Waals surface area contributed by atoms with E-state index in [0.29, 0.717) is 13.0 Å². The van der Waals surface area contributed by atoms with Gasteiger partial charge in [-0.2, -0.15) is 0 Å². The van der Waals surface area contributed by atoms with Crippen LogP contribution in [0.3, 0.4) is 0 Å². The zero-order chi connectivity index (χ0) is 13.4. The van der Waals surface area contributed by atoms with Gasteiger partial charge in [0.05, 0.1) is 6.61 Å². The number of nitrogens with one attached hydrogen (secondary N) is 1. The minimum absolute atomic E-state index is 0.00219. The SMILES string of the molecule is CN(C)C(=O)CCNC(CO)Cc1ccccc1. The van der Waals surface area contributed by atoms with E-state index in [1.54, 1.807) is 19.0 Å². The second kappa shape index (κ2) is 7.84. The average molecular weight is 250 g/mol. The number of rotatable bonds is 7. The van der Waals surface area contributed by atoms with Crippen molar-refractivity contribution in [2.45, 2.75) is 18.9 Å². The van der Waals surface area contributed by atoms with Crippen LogP contribution in [0.15, 0.2) is 30.3 Å². The van der Waals surface area contributed by atoms with Gasteiger partial charge in [-0.3, -0.25) is 4.79 Å². The van der Waals surface area contributed by atoms with Gasteiger partial charge in [0.1, 0.15) is 0 Å². The topological polar surface area (TPSA) is 52.6 Å². The first-order chi connectivity index (χ1) is 8.63. The van der Waals surface area contributed by atoms with E-state index in [-0.39, 0.29) is 18.6 Å². The molecule has 1 aromatic rings. The highest BCUT2D eigenvalue weighted by Crippen LogP contribution is 2.02. The van der Waals surface area contributed by atoms with Crippen LogP contribution >= 0.6 is 0 Å². The molecule has 4 heteroatoms. The maximum atomic E-state index is 11.4. The molecule has 0 aliphatic heterocycles.